The van der Waals surface area contributed by atoms with Gasteiger partial charge in [0.1, 0.15) is 13.2 Å². The Morgan fingerprint density at radius 3 is 2.72 bits per heavy atom. The van der Waals surface area contributed by atoms with E-state index in [1.165, 1.54) is 17.0 Å². The molecule has 0 aliphatic carbocycles. The van der Waals surface area contributed by atoms with Crippen molar-refractivity contribution in [2.24, 2.45) is 0 Å². The Bertz CT molecular complexity index is 844. The van der Waals surface area contributed by atoms with Crippen molar-refractivity contribution >= 4 is 16.9 Å². The van der Waals surface area contributed by atoms with Gasteiger partial charge in [0.15, 0.2) is 11.6 Å². The van der Waals surface area contributed by atoms with E-state index in [1.54, 1.807) is 18.2 Å². The molecule has 0 fully saturated rings. The van der Waals surface area contributed by atoms with Gasteiger partial charge >= 0.3 is 5.97 Å². The van der Waals surface area contributed by atoms with Crippen LogP contribution in [0.4, 0.5) is 4.39 Å². The summed E-state index contributed by atoms with van der Waals surface area (Å²) >= 11 is 0. The molecule has 0 bridgehead atoms. The highest BCUT2D eigenvalue weighted by molar-refractivity contribution is 5.83. The van der Waals surface area contributed by atoms with Gasteiger partial charge in [0.2, 0.25) is 0 Å². The second-order valence-electron chi connectivity index (χ2n) is 5.71. The number of carbonyl (C=O) groups excluding carboxylic acids is 1. The Balaban J connectivity index is 1.35. The van der Waals surface area contributed by atoms with Crippen LogP contribution in [0.1, 0.15) is 18.4 Å². The molecule has 1 heterocycles. The molecule has 0 radical (unpaired) electrons. The van der Waals surface area contributed by atoms with E-state index in [9.17, 15) is 9.18 Å². The summed E-state index contributed by atoms with van der Waals surface area (Å²) in [5, 5.41) is 1.19. The molecule has 0 atom stereocenters. The summed E-state index contributed by atoms with van der Waals surface area (Å²) in [5.41, 5.74) is 2.30. The Hall–Kier alpha value is -2.82. The van der Waals surface area contributed by atoms with Crippen LogP contribution >= 0.6 is 0 Å². The van der Waals surface area contributed by atoms with Crippen LogP contribution in [0.2, 0.25) is 0 Å². The number of aromatic amines is 1. The van der Waals surface area contributed by atoms with Crippen LogP contribution in [-0.4, -0.2) is 24.2 Å². The minimum absolute atomic E-state index is 0.111. The molecular formula is C20H20FNO3. The van der Waals surface area contributed by atoms with Crippen molar-refractivity contribution in [3.8, 4) is 5.75 Å². The van der Waals surface area contributed by atoms with Crippen LogP contribution in [0, 0.1) is 5.82 Å². The third-order valence-electron chi connectivity index (χ3n) is 3.94. The average Bonchev–Trinajstić information content (AvgIpc) is 3.03. The number of ether oxygens (including phenoxy) is 2. The zero-order valence-electron chi connectivity index (χ0n) is 13.8. The summed E-state index contributed by atoms with van der Waals surface area (Å²) in [6.45, 7) is 0.245. The van der Waals surface area contributed by atoms with Crippen molar-refractivity contribution in [2.45, 2.75) is 19.3 Å². The summed E-state index contributed by atoms with van der Waals surface area (Å²) in [6, 6.07) is 14.2. The van der Waals surface area contributed by atoms with E-state index in [0.29, 0.717) is 6.42 Å². The molecule has 0 spiro atoms. The first kappa shape index (κ1) is 17.0. The largest absolute Gasteiger partial charge is 0.487 e. The van der Waals surface area contributed by atoms with E-state index in [1.807, 2.05) is 24.4 Å². The minimum Gasteiger partial charge on any atom is -0.487 e. The van der Waals surface area contributed by atoms with E-state index >= 15 is 0 Å². The van der Waals surface area contributed by atoms with Crippen LogP contribution in [-0.2, 0) is 16.0 Å². The van der Waals surface area contributed by atoms with Crippen LogP contribution in [0.5, 0.6) is 5.75 Å². The topological polar surface area (TPSA) is 51.3 Å². The number of aryl methyl sites for hydroxylation is 1. The van der Waals surface area contributed by atoms with E-state index < -0.39 is 5.82 Å². The van der Waals surface area contributed by atoms with Gasteiger partial charge in [0.25, 0.3) is 0 Å². The van der Waals surface area contributed by atoms with Crippen molar-refractivity contribution < 1.29 is 18.7 Å². The summed E-state index contributed by atoms with van der Waals surface area (Å²) < 4.78 is 23.7. The highest BCUT2D eigenvalue weighted by Gasteiger charge is 2.07. The van der Waals surface area contributed by atoms with Gasteiger partial charge in [0, 0.05) is 23.5 Å². The Morgan fingerprint density at radius 1 is 1.04 bits per heavy atom. The molecule has 1 N–H and O–H groups in total. The standard InChI is InChI=1S/C20H20FNO3/c21-17-8-2-4-10-19(17)24-12-13-25-20(23)11-5-6-15-14-22-18-9-3-1-7-16(15)18/h1-4,7-10,14,22H,5-6,11-13H2. The zero-order chi connectivity index (χ0) is 17.5. The fourth-order valence-electron chi connectivity index (χ4n) is 2.70. The maximum absolute atomic E-state index is 13.4. The number of nitrogens with one attached hydrogen (secondary N) is 1. The molecule has 2 aromatic carbocycles. The molecule has 5 heteroatoms. The molecule has 3 aromatic rings. The summed E-state index contributed by atoms with van der Waals surface area (Å²) in [4.78, 5) is 15.0. The van der Waals surface area contributed by atoms with E-state index in [0.717, 1.165) is 18.4 Å². The van der Waals surface area contributed by atoms with Crippen LogP contribution < -0.4 is 4.74 Å². The van der Waals surface area contributed by atoms with Gasteiger partial charge in [-0.05, 0) is 36.6 Å². The summed E-state index contributed by atoms with van der Waals surface area (Å²) in [6.07, 6.45) is 3.86. The number of esters is 1. The van der Waals surface area contributed by atoms with Crippen molar-refractivity contribution in [3.05, 3.63) is 66.1 Å². The van der Waals surface area contributed by atoms with Gasteiger partial charge in [0.05, 0.1) is 0 Å². The lowest BCUT2D eigenvalue weighted by molar-refractivity contribution is -0.144. The number of para-hydroxylation sites is 2. The predicted molar refractivity (Wildman–Crippen MR) is 94.1 cm³/mol. The molecule has 0 unspecified atom stereocenters. The number of carbonyl (C=O) groups is 1. The molecule has 1 aromatic heterocycles. The van der Waals surface area contributed by atoms with Gasteiger partial charge in [-0.1, -0.05) is 30.3 Å². The molecule has 0 saturated carbocycles. The number of fused-ring (bicyclic) bond motifs is 1. The SMILES string of the molecule is O=C(CCCc1c[nH]c2ccccc12)OCCOc1ccccc1F. The van der Waals surface area contributed by atoms with Gasteiger partial charge in [-0.25, -0.2) is 4.39 Å². The predicted octanol–water partition coefficient (Wildman–Crippen LogP) is 4.25. The molecular weight excluding hydrogens is 321 g/mol. The smallest absolute Gasteiger partial charge is 0.305 e. The number of H-pyrrole nitrogens is 1. The number of hydrogen-bond donors (Lipinski definition) is 1. The van der Waals surface area contributed by atoms with Gasteiger partial charge in [-0.15, -0.1) is 0 Å². The van der Waals surface area contributed by atoms with Crippen molar-refractivity contribution in [1.82, 2.24) is 4.98 Å². The molecule has 0 amide bonds. The fourth-order valence-corrected chi connectivity index (χ4v) is 2.70. The average molecular weight is 341 g/mol. The number of halogens is 1. The summed E-state index contributed by atoms with van der Waals surface area (Å²) in [5.74, 6) is -0.526. The van der Waals surface area contributed by atoms with Crippen molar-refractivity contribution in [3.63, 3.8) is 0 Å². The minimum atomic E-state index is -0.424. The van der Waals surface area contributed by atoms with Crippen LogP contribution in [0.25, 0.3) is 10.9 Å². The normalized spacial score (nSPS) is 10.8. The van der Waals surface area contributed by atoms with E-state index in [4.69, 9.17) is 9.47 Å². The second kappa shape index (κ2) is 8.33. The third-order valence-corrected chi connectivity index (χ3v) is 3.94. The molecule has 0 aliphatic heterocycles. The van der Waals surface area contributed by atoms with Crippen LogP contribution in [0.15, 0.2) is 54.7 Å². The molecule has 25 heavy (non-hydrogen) atoms. The first-order valence-electron chi connectivity index (χ1n) is 8.32. The monoisotopic (exact) mass is 341 g/mol. The zero-order valence-corrected chi connectivity index (χ0v) is 13.8. The Kier molecular flexibility index (Phi) is 5.67. The van der Waals surface area contributed by atoms with E-state index in [-0.39, 0.29) is 24.9 Å². The maximum atomic E-state index is 13.4. The van der Waals surface area contributed by atoms with Crippen LogP contribution in [0.3, 0.4) is 0 Å². The Labute approximate surface area is 145 Å². The van der Waals surface area contributed by atoms with Gasteiger partial charge in [-0.2, -0.15) is 0 Å². The molecule has 0 aliphatic rings. The molecule has 130 valence electrons. The van der Waals surface area contributed by atoms with Crippen molar-refractivity contribution in [2.75, 3.05) is 13.2 Å². The summed E-state index contributed by atoms with van der Waals surface area (Å²) in [7, 11) is 0. The molecule has 4 nitrogen and oxygen atoms in total. The maximum Gasteiger partial charge on any atom is 0.305 e. The fraction of sp³-hybridized carbons (Fsp3) is 0.250. The molecule has 0 saturated heterocycles. The van der Waals surface area contributed by atoms with Gasteiger partial charge < -0.3 is 14.5 Å². The number of hydrogen-bond acceptors (Lipinski definition) is 3. The Morgan fingerprint density at radius 2 is 1.84 bits per heavy atom. The quantitative estimate of drug-likeness (QED) is 0.492. The highest BCUT2D eigenvalue weighted by Crippen LogP contribution is 2.19. The highest BCUT2D eigenvalue weighted by atomic mass is 19.1. The second-order valence-corrected chi connectivity index (χ2v) is 5.71. The third kappa shape index (κ3) is 4.59. The number of aromatic nitrogens is 1. The first-order chi connectivity index (χ1) is 12.2. The van der Waals surface area contributed by atoms with Gasteiger partial charge in [-0.3, -0.25) is 4.79 Å². The lowest BCUT2D eigenvalue weighted by atomic mass is 10.1. The lowest BCUT2D eigenvalue weighted by Crippen LogP contribution is -2.12. The number of rotatable bonds is 8. The van der Waals surface area contributed by atoms with Crippen molar-refractivity contribution in [1.29, 1.82) is 0 Å². The first-order valence-corrected chi connectivity index (χ1v) is 8.32. The van der Waals surface area contributed by atoms with E-state index in [2.05, 4.69) is 11.1 Å². The number of benzene rings is 2. The lowest BCUT2D eigenvalue weighted by Gasteiger charge is -2.08. The molecule has 3 rings (SSSR count).